The second kappa shape index (κ2) is 6.81. The molecule has 9 heteroatoms. The number of amides is 3. The molecule has 1 aromatic carbocycles. The molecule has 3 heterocycles. The maximum absolute atomic E-state index is 13.1. The quantitative estimate of drug-likeness (QED) is 0.565. The SMILES string of the molecule is CC1(c2ccc(Br)s2)NC(=O)N(Cc2csc(-c3ccc(F)cc3)n2)C1=O. The highest BCUT2D eigenvalue weighted by atomic mass is 79.9. The van der Waals surface area contributed by atoms with Crippen molar-refractivity contribution in [1.29, 1.82) is 0 Å². The highest BCUT2D eigenvalue weighted by molar-refractivity contribution is 9.11. The van der Waals surface area contributed by atoms with Gasteiger partial charge in [-0.3, -0.25) is 9.69 Å². The summed E-state index contributed by atoms with van der Waals surface area (Å²) in [5.41, 5.74) is 0.321. The Balaban J connectivity index is 1.55. The third-order valence-corrected chi connectivity index (χ3v) is 7.09. The first-order valence-electron chi connectivity index (χ1n) is 7.97. The number of aromatic nitrogens is 1. The molecule has 27 heavy (non-hydrogen) atoms. The molecule has 138 valence electrons. The number of nitrogens with zero attached hydrogens (tertiary/aromatic N) is 2. The first kappa shape index (κ1) is 18.3. The number of rotatable bonds is 4. The minimum atomic E-state index is -1.08. The summed E-state index contributed by atoms with van der Waals surface area (Å²) < 4.78 is 14.0. The van der Waals surface area contributed by atoms with E-state index in [-0.39, 0.29) is 18.3 Å². The number of hydrogen-bond acceptors (Lipinski definition) is 5. The molecule has 4 rings (SSSR count). The molecule has 3 aromatic rings. The zero-order valence-electron chi connectivity index (χ0n) is 14.0. The molecule has 1 unspecified atom stereocenters. The van der Waals surface area contributed by atoms with Gasteiger partial charge in [0.25, 0.3) is 5.91 Å². The van der Waals surface area contributed by atoms with Crippen LogP contribution in [0.3, 0.4) is 0 Å². The number of halogens is 2. The maximum Gasteiger partial charge on any atom is 0.325 e. The molecule has 5 nitrogen and oxygen atoms in total. The number of benzene rings is 1. The highest BCUT2D eigenvalue weighted by Gasteiger charge is 2.49. The standard InChI is InChI=1S/C18H13BrFN3O2S2/c1-18(13-6-7-14(19)27-13)16(24)23(17(25)22-18)8-12-9-26-15(21-12)10-2-4-11(20)5-3-10/h2-7,9H,8H2,1H3,(H,22,25). The number of thiazole rings is 1. The molecule has 0 aliphatic carbocycles. The van der Waals surface area contributed by atoms with Gasteiger partial charge in [-0.05, 0) is 59.3 Å². The van der Waals surface area contributed by atoms with Gasteiger partial charge in [-0.1, -0.05) is 0 Å². The van der Waals surface area contributed by atoms with Crippen molar-refractivity contribution in [2.24, 2.45) is 0 Å². The summed E-state index contributed by atoms with van der Waals surface area (Å²) in [4.78, 5) is 31.8. The minimum absolute atomic E-state index is 0.0878. The van der Waals surface area contributed by atoms with Crippen LogP contribution >= 0.6 is 38.6 Å². The van der Waals surface area contributed by atoms with Crippen LogP contribution in [0.5, 0.6) is 0 Å². The van der Waals surface area contributed by atoms with Crippen LogP contribution in [0.2, 0.25) is 0 Å². The Morgan fingerprint density at radius 2 is 1.96 bits per heavy atom. The van der Waals surface area contributed by atoms with E-state index in [0.717, 1.165) is 14.2 Å². The van der Waals surface area contributed by atoms with E-state index in [1.807, 2.05) is 12.1 Å². The Hall–Kier alpha value is -2.10. The fourth-order valence-electron chi connectivity index (χ4n) is 2.86. The zero-order valence-corrected chi connectivity index (χ0v) is 17.3. The lowest BCUT2D eigenvalue weighted by atomic mass is 10.0. The largest absolute Gasteiger partial charge is 0.325 e. The van der Waals surface area contributed by atoms with Gasteiger partial charge in [0.2, 0.25) is 0 Å². The lowest BCUT2D eigenvalue weighted by Crippen LogP contribution is -2.40. The van der Waals surface area contributed by atoms with Gasteiger partial charge in [-0.2, -0.15) is 0 Å². The van der Waals surface area contributed by atoms with Gasteiger partial charge in [0, 0.05) is 15.8 Å². The van der Waals surface area contributed by atoms with E-state index in [9.17, 15) is 14.0 Å². The first-order valence-corrected chi connectivity index (χ1v) is 10.5. The van der Waals surface area contributed by atoms with Gasteiger partial charge in [0.15, 0.2) is 5.54 Å². The van der Waals surface area contributed by atoms with E-state index in [0.29, 0.717) is 10.7 Å². The number of nitrogens with one attached hydrogen (secondary N) is 1. The fraction of sp³-hybridized carbons (Fsp3) is 0.167. The van der Waals surface area contributed by atoms with Gasteiger partial charge in [-0.15, -0.1) is 22.7 Å². The highest BCUT2D eigenvalue weighted by Crippen LogP contribution is 2.36. The second-order valence-electron chi connectivity index (χ2n) is 6.20. The van der Waals surface area contributed by atoms with E-state index in [2.05, 4.69) is 26.2 Å². The Morgan fingerprint density at radius 3 is 2.63 bits per heavy atom. The first-order chi connectivity index (χ1) is 12.9. The average Bonchev–Trinajstić information content (AvgIpc) is 3.33. The number of hydrogen-bond donors (Lipinski definition) is 1. The van der Waals surface area contributed by atoms with Crippen molar-refractivity contribution >= 4 is 50.5 Å². The summed E-state index contributed by atoms with van der Waals surface area (Å²) in [7, 11) is 0. The minimum Gasteiger partial charge on any atom is -0.319 e. The van der Waals surface area contributed by atoms with Crippen LogP contribution in [-0.4, -0.2) is 21.8 Å². The molecule has 0 radical (unpaired) electrons. The normalized spacial score (nSPS) is 19.6. The van der Waals surface area contributed by atoms with Crippen molar-refractivity contribution in [2.45, 2.75) is 19.0 Å². The van der Waals surface area contributed by atoms with E-state index >= 15 is 0 Å². The van der Waals surface area contributed by atoms with Crippen LogP contribution in [0.1, 0.15) is 17.5 Å². The van der Waals surface area contributed by atoms with Crippen LogP contribution < -0.4 is 5.32 Å². The van der Waals surface area contributed by atoms with Crippen molar-refractivity contribution in [2.75, 3.05) is 0 Å². The van der Waals surface area contributed by atoms with Crippen molar-refractivity contribution in [1.82, 2.24) is 15.2 Å². The molecule has 0 saturated carbocycles. The van der Waals surface area contributed by atoms with Gasteiger partial charge in [0.1, 0.15) is 10.8 Å². The van der Waals surface area contributed by atoms with Crippen LogP contribution in [0.4, 0.5) is 9.18 Å². The Bertz CT molecular complexity index is 1030. The van der Waals surface area contributed by atoms with E-state index in [4.69, 9.17) is 0 Å². The van der Waals surface area contributed by atoms with Crippen LogP contribution in [-0.2, 0) is 16.9 Å². The molecule has 0 spiro atoms. The zero-order chi connectivity index (χ0) is 19.2. The van der Waals surface area contributed by atoms with Crippen LogP contribution in [0, 0.1) is 5.82 Å². The van der Waals surface area contributed by atoms with Crippen molar-refractivity contribution < 1.29 is 14.0 Å². The molecule has 2 aromatic heterocycles. The number of imide groups is 1. The predicted octanol–water partition coefficient (Wildman–Crippen LogP) is 4.74. The number of carbonyl (C=O) groups is 2. The Kier molecular flexibility index (Phi) is 4.61. The predicted molar refractivity (Wildman–Crippen MR) is 106 cm³/mol. The summed E-state index contributed by atoms with van der Waals surface area (Å²) in [6.45, 7) is 1.79. The average molecular weight is 466 g/mol. The molecule has 1 aliphatic heterocycles. The smallest absolute Gasteiger partial charge is 0.319 e. The maximum atomic E-state index is 13.1. The summed E-state index contributed by atoms with van der Waals surface area (Å²) in [6.07, 6.45) is 0. The number of carbonyl (C=O) groups excluding carboxylic acids is 2. The molecule has 1 aliphatic rings. The molecular formula is C18H13BrFN3O2S2. The molecular weight excluding hydrogens is 453 g/mol. The molecule has 1 saturated heterocycles. The van der Waals surface area contributed by atoms with E-state index < -0.39 is 11.6 Å². The number of thiophene rings is 1. The van der Waals surface area contributed by atoms with Gasteiger partial charge < -0.3 is 5.32 Å². The molecule has 1 fully saturated rings. The topological polar surface area (TPSA) is 62.3 Å². The molecule has 1 atom stereocenters. The number of urea groups is 1. The Morgan fingerprint density at radius 1 is 1.22 bits per heavy atom. The second-order valence-corrected chi connectivity index (χ2v) is 9.52. The van der Waals surface area contributed by atoms with Crippen molar-refractivity contribution in [3.05, 3.63) is 62.0 Å². The van der Waals surface area contributed by atoms with Crippen LogP contribution in [0.25, 0.3) is 10.6 Å². The third-order valence-electron chi connectivity index (χ3n) is 4.30. The molecule has 1 N–H and O–H groups in total. The lowest BCUT2D eigenvalue weighted by molar-refractivity contribution is -0.131. The van der Waals surface area contributed by atoms with E-state index in [1.54, 1.807) is 24.4 Å². The monoisotopic (exact) mass is 465 g/mol. The molecule has 3 amide bonds. The van der Waals surface area contributed by atoms with Crippen LogP contribution in [0.15, 0.2) is 45.6 Å². The summed E-state index contributed by atoms with van der Waals surface area (Å²) in [6, 6.07) is 9.28. The summed E-state index contributed by atoms with van der Waals surface area (Å²) >= 11 is 6.18. The lowest BCUT2D eigenvalue weighted by Gasteiger charge is -2.19. The van der Waals surface area contributed by atoms with Gasteiger partial charge in [0.05, 0.1) is 16.0 Å². The molecule has 0 bridgehead atoms. The van der Waals surface area contributed by atoms with Crippen molar-refractivity contribution in [3.63, 3.8) is 0 Å². The van der Waals surface area contributed by atoms with Gasteiger partial charge in [-0.25, -0.2) is 14.2 Å². The summed E-state index contributed by atoms with van der Waals surface area (Å²) in [5.74, 6) is -0.618. The van der Waals surface area contributed by atoms with E-state index in [1.165, 1.54) is 39.7 Å². The fourth-order valence-corrected chi connectivity index (χ4v) is 5.15. The Labute approximate surface area is 171 Å². The van der Waals surface area contributed by atoms with Crippen molar-refractivity contribution in [3.8, 4) is 10.6 Å². The van der Waals surface area contributed by atoms with Gasteiger partial charge >= 0.3 is 6.03 Å². The third kappa shape index (κ3) is 3.30. The summed E-state index contributed by atoms with van der Waals surface area (Å²) in [5, 5.41) is 5.30.